The first-order valence-corrected chi connectivity index (χ1v) is 6.36. The van der Waals surface area contributed by atoms with Gasteiger partial charge >= 0.3 is 0 Å². The zero-order valence-electron chi connectivity index (χ0n) is 10.8. The number of amides is 1. The van der Waals surface area contributed by atoms with E-state index in [0.717, 1.165) is 38.8 Å². The van der Waals surface area contributed by atoms with Gasteiger partial charge in [0.05, 0.1) is 6.10 Å². The van der Waals surface area contributed by atoms with Crippen molar-refractivity contribution in [1.29, 1.82) is 0 Å². The Kier molecular flexibility index (Phi) is 5.26. The van der Waals surface area contributed by atoms with Crippen LogP contribution in [0.25, 0.3) is 0 Å². The van der Waals surface area contributed by atoms with Crippen molar-refractivity contribution >= 4 is 5.91 Å². The molecule has 1 amide bonds. The summed E-state index contributed by atoms with van der Waals surface area (Å²) in [5, 5.41) is 2.97. The molecule has 0 saturated carbocycles. The molecule has 94 valence electrons. The van der Waals surface area contributed by atoms with Crippen molar-refractivity contribution in [1.82, 2.24) is 5.32 Å². The SMILES string of the molecule is CC(C)(C)CCNC(=O)CCC1CCCO1. The summed E-state index contributed by atoms with van der Waals surface area (Å²) in [6.45, 7) is 8.22. The van der Waals surface area contributed by atoms with Crippen molar-refractivity contribution in [2.75, 3.05) is 13.2 Å². The molecule has 3 nitrogen and oxygen atoms in total. The molecule has 1 atom stereocenters. The van der Waals surface area contributed by atoms with Crippen LogP contribution in [0.2, 0.25) is 0 Å². The Labute approximate surface area is 98.9 Å². The van der Waals surface area contributed by atoms with Crippen LogP contribution in [0.3, 0.4) is 0 Å². The second-order valence-electron chi connectivity index (χ2n) is 5.83. The zero-order chi connectivity index (χ0) is 12.0. The van der Waals surface area contributed by atoms with Crippen LogP contribution in [0.1, 0.15) is 52.9 Å². The van der Waals surface area contributed by atoms with E-state index in [4.69, 9.17) is 4.74 Å². The smallest absolute Gasteiger partial charge is 0.220 e. The normalized spacial score (nSPS) is 21.1. The van der Waals surface area contributed by atoms with E-state index < -0.39 is 0 Å². The summed E-state index contributed by atoms with van der Waals surface area (Å²) in [6, 6.07) is 0. The van der Waals surface area contributed by atoms with Crippen LogP contribution in [0.15, 0.2) is 0 Å². The zero-order valence-corrected chi connectivity index (χ0v) is 10.8. The van der Waals surface area contributed by atoms with Crippen molar-refractivity contribution in [3.63, 3.8) is 0 Å². The third kappa shape index (κ3) is 6.11. The molecular formula is C13H25NO2. The van der Waals surface area contributed by atoms with Gasteiger partial charge < -0.3 is 10.1 Å². The van der Waals surface area contributed by atoms with Gasteiger partial charge in [-0.25, -0.2) is 0 Å². The summed E-state index contributed by atoms with van der Waals surface area (Å²) in [5.74, 6) is 0.166. The van der Waals surface area contributed by atoms with Crippen molar-refractivity contribution in [2.45, 2.75) is 59.0 Å². The highest BCUT2D eigenvalue weighted by molar-refractivity contribution is 5.75. The third-order valence-corrected chi connectivity index (χ3v) is 2.91. The van der Waals surface area contributed by atoms with Crippen LogP contribution >= 0.6 is 0 Å². The predicted molar refractivity (Wildman–Crippen MR) is 65.3 cm³/mol. The molecular weight excluding hydrogens is 202 g/mol. The Hall–Kier alpha value is -0.570. The number of carbonyl (C=O) groups is 1. The molecule has 0 spiro atoms. The lowest BCUT2D eigenvalue weighted by Gasteiger charge is -2.18. The lowest BCUT2D eigenvalue weighted by atomic mass is 9.92. The van der Waals surface area contributed by atoms with E-state index in [-0.39, 0.29) is 5.91 Å². The maximum absolute atomic E-state index is 11.5. The van der Waals surface area contributed by atoms with Gasteiger partial charge in [-0.05, 0) is 31.1 Å². The molecule has 1 N–H and O–H groups in total. The first-order valence-electron chi connectivity index (χ1n) is 6.36. The highest BCUT2D eigenvalue weighted by atomic mass is 16.5. The van der Waals surface area contributed by atoms with Gasteiger partial charge in [0.2, 0.25) is 5.91 Å². The predicted octanol–water partition coefficient (Wildman–Crippen LogP) is 2.50. The Morgan fingerprint density at radius 3 is 2.75 bits per heavy atom. The molecule has 16 heavy (non-hydrogen) atoms. The Bertz CT molecular complexity index is 214. The Morgan fingerprint density at radius 2 is 2.19 bits per heavy atom. The van der Waals surface area contributed by atoms with Crippen LogP contribution < -0.4 is 5.32 Å². The summed E-state index contributed by atoms with van der Waals surface area (Å²) < 4.78 is 5.48. The molecule has 3 heteroatoms. The monoisotopic (exact) mass is 227 g/mol. The number of carbonyl (C=O) groups excluding carboxylic acids is 1. The lowest BCUT2D eigenvalue weighted by molar-refractivity contribution is -0.121. The summed E-state index contributed by atoms with van der Waals surface area (Å²) >= 11 is 0. The van der Waals surface area contributed by atoms with Gasteiger partial charge in [-0.1, -0.05) is 20.8 Å². The molecule has 1 saturated heterocycles. The van der Waals surface area contributed by atoms with Crippen molar-refractivity contribution < 1.29 is 9.53 Å². The number of rotatable bonds is 5. The summed E-state index contributed by atoms with van der Waals surface area (Å²) in [7, 11) is 0. The van der Waals surface area contributed by atoms with E-state index in [1.807, 2.05) is 0 Å². The van der Waals surface area contributed by atoms with Crippen LogP contribution in [0.4, 0.5) is 0 Å². The van der Waals surface area contributed by atoms with E-state index >= 15 is 0 Å². The topological polar surface area (TPSA) is 38.3 Å². The molecule has 0 aromatic rings. The molecule has 0 bridgehead atoms. The molecule has 1 fully saturated rings. The van der Waals surface area contributed by atoms with Gasteiger partial charge in [0.1, 0.15) is 0 Å². The molecule has 1 aliphatic heterocycles. The van der Waals surface area contributed by atoms with E-state index in [0.29, 0.717) is 17.9 Å². The minimum atomic E-state index is 0.166. The van der Waals surface area contributed by atoms with Crippen molar-refractivity contribution in [3.05, 3.63) is 0 Å². The third-order valence-electron chi connectivity index (χ3n) is 2.91. The summed E-state index contributed by atoms with van der Waals surface area (Å²) in [6.07, 6.45) is 5.11. The average molecular weight is 227 g/mol. The molecule has 0 radical (unpaired) electrons. The maximum atomic E-state index is 11.5. The van der Waals surface area contributed by atoms with Crippen LogP contribution in [0.5, 0.6) is 0 Å². The Morgan fingerprint density at radius 1 is 1.44 bits per heavy atom. The van der Waals surface area contributed by atoms with Gasteiger partial charge in [0, 0.05) is 19.6 Å². The number of hydrogen-bond donors (Lipinski definition) is 1. The highest BCUT2D eigenvalue weighted by Crippen LogP contribution is 2.18. The molecule has 0 aliphatic carbocycles. The molecule has 1 heterocycles. The van der Waals surface area contributed by atoms with Gasteiger partial charge in [0.25, 0.3) is 0 Å². The van der Waals surface area contributed by atoms with Gasteiger partial charge in [-0.3, -0.25) is 4.79 Å². The lowest BCUT2D eigenvalue weighted by Crippen LogP contribution is -2.27. The maximum Gasteiger partial charge on any atom is 0.220 e. The minimum Gasteiger partial charge on any atom is -0.378 e. The summed E-state index contributed by atoms with van der Waals surface area (Å²) in [4.78, 5) is 11.5. The van der Waals surface area contributed by atoms with Crippen molar-refractivity contribution in [2.24, 2.45) is 5.41 Å². The van der Waals surface area contributed by atoms with Crippen LogP contribution in [0, 0.1) is 5.41 Å². The number of ether oxygens (including phenoxy) is 1. The number of nitrogens with one attached hydrogen (secondary N) is 1. The fourth-order valence-electron chi connectivity index (χ4n) is 1.83. The molecule has 0 aromatic heterocycles. The first-order chi connectivity index (χ1) is 7.47. The van der Waals surface area contributed by atoms with Gasteiger partial charge in [-0.2, -0.15) is 0 Å². The molecule has 1 rings (SSSR count). The van der Waals surface area contributed by atoms with Crippen molar-refractivity contribution in [3.8, 4) is 0 Å². The highest BCUT2D eigenvalue weighted by Gasteiger charge is 2.16. The average Bonchev–Trinajstić information content (AvgIpc) is 2.65. The molecule has 1 unspecified atom stereocenters. The standard InChI is InChI=1S/C13H25NO2/c1-13(2,3)8-9-14-12(15)7-6-11-5-4-10-16-11/h11H,4-10H2,1-3H3,(H,14,15). The minimum absolute atomic E-state index is 0.166. The van der Waals surface area contributed by atoms with E-state index in [1.54, 1.807) is 0 Å². The quantitative estimate of drug-likeness (QED) is 0.783. The molecule has 0 aromatic carbocycles. The van der Waals surface area contributed by atoms with Crippen LogP contribution in [-0.2, 0) is 9.53 Å². The Balaban J connectivity index is 2.02. The fraction of sp³-hybridized carbons (Fsp3) is 0.923. The second kappa shape index (κ2) is 6.24. The largest absolute Gasteiger partial charge is 0.378 e. The van der Waals surface area contributed by atoms with Gasteiger partial charge in [-0.15, -0.1) is 0 Å². The fourth-order valence-corrected chi connectivity index (χ4v) is 1.83. The number of hydrogen-bond acceptors (Lipinski definition) is 2. The van der Waals surface area contributed by atoms with E-state index in [2.05, 4.69) is 26.1 Å². The first kappa shape index (κ1) is 13.5. The summed E-state index contributed by atoms with van der Waals surface area (Å²) in [5.41, 5.74) is 0.293. The van der Waals surface area contributed by atoms with Crippen LogP contribution in [-0.4, -0.2) is 25.2 Å². The van der Waals surface area contributed by atoms with E-state index in [1.165, 1.54) is 0 Å². The molecule has 1 aliphatic rings. The van der Waals surface area contributed by atoms with E-state index in [9.17, 15) is 4.79 Å². The second-order valence-corrected chi connectivity index (χ2v) is 5.83. The van der Waals surface area contributed by atoms with Gasteiger partial charge in [0.15, 0.2) is 0 Å².